The minimum Gasteiger partial charge on any atom is -0.373 e. The fourth-order valence-electron chi connectivity index (χ4n) is 1.90. The number of carbonyl (C=O) groups excluding carboxylic acids is 1. The van der Waals surface area contributed by atoms with Crippen molar-refractivity contribution in [3.63, 3.8) is 0 Å². The van der Waals surface area contributed by atoms with Crippen LogP contribution in [0.5, 0.6) is 0 Å². The summed E-state index contributed by atoms with van der Waals surface area (Å²) in [6.45, 7) is 5.97. The first kappa shape index (κ1) is 15.5. The van der Waals surface area contributed by atoms with Crippen LogP contribution in [-0.2, 0) is 0 Å². The Morgan fingerprint density at radius 1 is 1.26 bits per heavy atom. The average Bonchev–Trinajstić information content (AvgIpc) is 2.47. The van der Waals surface area contributed by atoms with Crippen molar-refractivity contribution in [1.82, 2.24) is 9.88 Å². The van der Waals surface area contributed by atoms with Gasteiger partial charge in [0.25, 0.3) is 5.91 Å². The van der Waals surface area contributed by atoms with Crippen molar-refractivity contribution in [3.05, 3.63) is 23.9 Å². The molecule has 1 heterocycles. The molecule has 0 unspecified atom stereocenters. The topological polar surface area (TPSA) is 45.2 Å². The molecule has 0 aliphatic carbocycles. The van der Waals surface area contributed by atoms with Gasteiger partial charge in [-0.2, -0.15) is 0 Å². The van der Waals surface area contributed by atoms with Gasteiger partial charge in [-0.15, -0.1) is 0 Å². The van der Waals surface area contributed by atoms with Gasteiger partial charge in [0.05, 0.1) is 0 Å². The quantitative estimate of drug-likeness (QED) is 0.783. The number of unbranched alkanes of at least 4 members (excludes halogenated alkanes) is 2. The van der Waals surface area contributed by atoms with Gasteiger partial charge in [-0.1, -0.05) is 26.7 Å². The van der Waals surface area contributed by atoms with Crippen LogP contribution in [0.2, 0.25) is 0 Å². The van der Waals surface area contributed by atoms with Gasteiger partial charge in [0.2, 0.25) is 0 Å². The molecule has 0 fully saturated rings. The maximum absolute atomic E-state index is 12.5. The van der Waals surface area contributed by atoms with Crippen LogP contribution in [0.25, 0.3) is 0 Å². The summed E-state index contributed by atoms with van der Waals surface area (Å²) in [4.78, 5) is 18.6. The number of aromatic nitrogens is 1. The molecular formula is C15H25N3O. The minimum atomic E-state index is 0.112. The third kappa shape index (κ3) is 4.89. The Morgan fingerprint density at radius 2 is 1.89 bits per heavy atom. The van der Waals surface area contributed by atoms with E-state index in [-0.39, 0.29) is 5.91 Å². The predicted octanol–water partition coefficient (Wildman–Crippen LogP) is 3.17. The second kappa shape index (κ2) is 8.51. The smallest absolute Gasteiger partial charge is 0.254 e. The van der Waals surface area contributed by atoms with E-state index in [2.05, 4.69) is 24.1 Å². The molecule has 0 bridgehead atoms. The van der Waals surface area contributed by atoms with Gasteiger partial charge in [-0.05, 0) is 25.0 Å². The molecule has 106 valence electrons. The maximum Gasteiger partial charge on any atom is 0.254 e. The average molecular weight is 263 g/mol. The molecule has 0 aliphatic heterocycles. The summed E-state index contributed by atoms with van der Waals surface area (Å²) in [7, 11) is 1.81. The lowest BCUT2D eigenvalue weighted by molar-refractivity contribution is 0.0751. The van der Waals surface area contributed by atoms with E-state index in [9.17, 15) is 4.79 Å². The molecule has 0 aromatic carbocycles. The van der Waals surface area contributed by atoms with Gasteiger partial charge in [0, 0.05) is 31.9 Å². The van der Waals surface area contributed by atoms with Gasteiger partial charge in [0.15, 0.2) is 0 Å². The van der Waals surface area contributed by atoms with Crippen LogP contribution in [0.3, 0.4) is 0 Å². The standard InChI is InChI=1S/C15H25N3O/c1-4-6-10-18(11-7-5-2)15(19)13-8-9-17-14(12-13)16-3/h8-9,12H,4-7,10-11H2,1-3H3,(H,16,17). The molecule has 1 amide bonds. The second-order valence-electron chi connectivity index (χ2n) is 4.68. The van der Waals surface area contributed by atoms with E-state index in [1.165, 1.54) is 0 Å². The van der Waals surface area contributed by atoms with E-state index >= 15 is 0 Å². The summed E-state index contributed by atoms with van der Waals surface area (Å²) in [6, 6.07) is 3.60. The maximum atomic E-state index is 12.5. The normalized spacial score (nSPS) is 10.3. The van der Waals surface area contributed by atoms with Crippen molar-refractivity contribution >= 4 is 11.7 Å². The van der Waals surface area contributed by atoms with Crippen molar-refractivity contribution in [2.24, 2.45) is 0 Å². The monoisotopic (exact) mass is 263 g/mol. The molecule has 1 N–H and O–H groups in total. The van der Waals surface area contributed by atoms with Crippen LogP contribution in [-0.4, -0.2) is 35.9 Å². The van der Waals surface area contributed by atoms with E-state index in [0.717, 1.165) is 44.6 Å². The zero-order chi connectivity index (χ0) is 14.1. The highest BCUT2D eigenvalue weighted by Gasteiger charge is 2.15. The van der Waals surface area contributed by atoms with E-state index in [1.807, 2.05) is 18.0 Å². The Balaban J connectivity index is 2.77. The van der Waals surface area contributed by atoms with E-state index in [4.69, 9.17) is 0 Å². The number of amides is 1. The van der Waals surface area contributed by atoms with Crippen molar-refractivity contribution in [2.45, 2.75) is 39.5 Å². The highest BCUT2D eigenvalue weighted by Crippen LogP contribution is 2.11. The van der Waals surface area contributed by atoms with Crippen LogP contribution in [0.1, 0.15) is 49.9 Å². The van der Waals surface area contributed by atoms with Crippen molar-refractivity contribution in [2.75, 3.05) is 25.5 Å². The Bertz CT molecular complexity index is 385. The zero-order valence-electron chi connectivity index (χ0n) is 12.3. The third-order valence-electron chi connectivity index (χ3n) is 3.11. The molecule has 1 aromatic heterocycles. The number of rotatable bonds is 8. The molecule has 0 saturated carbocycles. The van der Waals surface area contributed by atoms with Crippen LogP contribution < -0.4 is 5.32 Å². The highest BCUT2D eigenvalue weighted by atomic mass is 16.2. The van der Waals surface area contributed by atoms with Crippen LogP contribution in [0.15, 0.2) is 18.3 Å². The van der Waals surface area contributed by atoms with Crippen LogP contribution >= 0.6 is 0 Å². The first-order chi connectivity index (χ1) is 9.22. The molecular weight excluding hydrogens is 238 g/mol. The first-order valence-corrected chi connectivity index (χ1v) is 7.16. The fraction of sp³-hybridized carbons (Fsp3) is 0.600. The van der Waals surface area contributed by atoms with Crippen molar-refractivity contribution in [1.29, 1.82) is 0 Å². The molecule has 0 aliphatic rings. The lowest BCUT2D eigenvalue weighted by atomic mass is 10.2. The van der Waals surface area contributed by atoms with Gasteiger partial charge in [0.1, 0.15) is 5.82 Å². The number of pyridine rings is 1. The minimum absolute atomic E-state index is 0.112. The van der Waals surface area contributed by atoms with Gasteiger partial charge in [-0.3, -0.25) is 4.79 Å². The largest absolute Gasteiger partial charge is 0.373 e. The van der Waals surface area contributed by atoms with E-state index < -0.39 is 0 Å². The Morgan fingerprint density at radius 3 is 2.42 bits per heavy atom. The highest BCUT2D eigenvalue weighted by molar-refractivity contribution is 5.94. The van der Waals surface area contributed by atoms with Crippen LogP contribution in [0, 0.1) is 0 Å². The summed E-state index contributed by atoms with van der Waals surface area (Å²) in [6.07, 6.45) is 6.00. The molecule has 4 heteroatoms. The summed E-state index contributed by atoms with van der Waals surface area (Å²) in [5.41, 5.74) is 0.714. The van der Waals surface area contributed by atoms with Gasteiger partial charge < -0.3 is 10.2 Å². The summed E-state index contributed by atoms with van der Waals surface area (Å²) >= 11 is 0. The Labute approximate surface area is 116 Å². The molecule has 0 spiro atoms. The van der Waals surface area contributed by atoms with E-state index in [1.54, 1.807) is 12.3 Å². The number of hydrogen-bond acceptors (Lipinski definition) is 3. The molecule has 0 radical (unpaired) electrons. The number of hydrogen-bond donors (Lipinski definition) is 1. The molecule has 19 heavy (non-hydrogen) atoms. The third-order valence-corrected chi connectivity index (χ3v) is 3.11. The number of carbonyl (C=O) groups is 1. The second-order valence-corrected chi connectivity index (χ2v) is 4.68. The SMILES string of the molecule is CCCCN(CCCC)C(=O)c1ccnc(NC)c1. The molecule has 0 atom stereocenters. The first-order valence-electron chi connectivity index (χ1n) is 7.16. The molecule has 1 rings (SSSR count). The fourth-order valence-corrected chi connectivity index (χ4v) is 1.90. The zero-order valence-corrected chi connectivity index (χ0v) is 12.3. The van der Waals surface area contributed by atoms with Crippen molar-refractivity contribution in [3.8, 4) is 0 Å². The van der Waals surface area contributed by atoms with E-state index in [0.29, 0.717) is 5.56 Å². The predicted molar refractivity (Wildman–Crippen MR) is 79.5 cm³/mol. The Kier molecular flexibility index (Phi) is 6.93. The lowest BCUT2D eigenvalue weighted by Crippen LogP contribution is -2.33. The molecule has 0 saturated heterocycles. The number of nitrogens with one attached hydrogen (secondary N) is 1. The molecule has 4 nitrogen and oxygen atoms in total. The van der Waals surface area contributed by atoms with Gasteiger partial charge in [-0.25, -0.2) is 4.98 Å². The van der Waals surface area contributed by atoms with Crippen LogP contribution in [0.4, 0.5) is 5.82 Å². The van der Waals surface area contributed by atoms with Crippen molar-refractivity contribution < 1.29 is 4.79 Å². The summed E-state index contributed by atoms with van der Waals surface area (Å²) < 4.78 is 0. The van der Waals surface area contributed by atoms with Gasteiger partial charge >= 0.3 is 0 Å². The molecule has 1 aromatic rings. The summed E-state index contributed by atoms with van der Waals surface area (Å²) in [5, 5.41) is 2.97. The summed E-state index contributed by atoms with van der Waals surface area (Å²) in [5.74, 6) is 0.845. The Hall–Kier alpha value is -1.58. The lowest BCUT2D eigenvalue weighted by Gasteiger charge is -2.22. The number of anilines is 1. The number of nitrogens with zero attached hydrogens (tertiary/aromatic N) is 2.